The van der Waals surface area contributed by atoms with E-state index in [-0.39, 0.29) is 0 Å². The van der Waals surface area contributed by atoms with E-state index in [9.17, 15) is 0 Å². The molecule has 2 atom stereocenters. The summed E-state index contributed by atoms with van der Waals surface area (Å²) in [7, 11) is 0. The molecule has 1 aliphatic rings. The van der Waals surface area contributed by atoms with Crippen LogP contribution in [0, 0.1) is 0 Å². The molecular formula is C15H23NO. The lowest BCUT2D eigenvalue weighted by Crippen LogP contribution is -2.44. The van der Waals surface area contributed by atoms with Gasteiger partial charge in [0.05, 0.1) is 12.7 Å². The molecule has 1 saturated heterocycles. The van der Waals surface area contributed by atoms with E-state index < -0.39 is 0 Å². The first-order valence-corrected chi connectivity index (χ1v) is 6.79. The van der Waals surface area contributed by atoms with Crippen molar-refractivity contribution >= 4 is 0 Å². The molecule has 0 spiro atoms. The van der Waals surface area contributed by atoms with E-state index in [1.807, 2.05) is 6.07 Å². The largest absolute Gasteiger partial charge is 0.372 e. The van der Waals surface area contributed by atoms with Crippen LogP contribution in [0.2, 0.25) is 0 Å². The van der Waals surface area contributed by atoms with Gasteiger partial charge < -0.3 is 10.1 Å². The van der Waals surface area contributed by atoms with E-state index in [2.05, 4.69) is 36.5 Å². The third-order valence-electron chi connectivity index (χ3n) is 3.51. The van der Waals surface area contributed by atoms with E-state index in [0.717, 1.165) is 19.6 Å². The van der Waals surface area contributed by atoms with E-state index >= 15 is 0 Å². The normalized spacial score (nSPS) is 22.3. The standard InChI is InChI=1S/C15H23NO/c1-2-15(14-10-6-7-11-16-14)17-12-13-8-4-3-5-9-13/h3-5,8-9,14-16H,2,6-7,10-12H2,1H3/t14-,15+/m0/s1. The Bertz CT molecular complexity index is 306. The number of ether oxygens (including phenoxy) is 1. The van der Waals surface area contributed by atoms with Crippen molar-refractivity contribution in [1.29, 1.82) is 0 Å². The van der Waals surface area contributed by atoms with Gasteiger partial charge in [-0.1, -0.05) is 43.7 Å². The molecule has 94 valence electrons. The van der Waals surface area contributed by atoms with Crippen LogP contribution < -0.4 is 5.32 Å². The number of rotatable bonds is 5. The molecule has 0 bridgehead atoms. The molecule has 1 aromatic rings. The maximum Gasteiger partial charge on any atom is 0.0729 e. The van der Waals surface area contributed by atoms with Crippen LogP contribution in [-0.4, -0.2) is 18.7 Å². The van der Waals surface area contributed by atoms with Gasteiger partial charge in [-0.3, -0.25) is 0 Å². The molecule has 1 aliphatic heterocycles. The van der Waals surface area contributed by atoms with Crippen molar-refractivity contribution in [2.75, 3.05) is 6.54 Å². The third kappa shape index (κ3) is 3.83. The van der Waals surface area contributed by atoms with Crippen molar-refractivity contribution in [1.82, 2.24) is 5.32 Å². The summed E-state index contributed by atoms with van der Waals surface area (Å²) in [5.41, 5.74) is 1.27. The van der Waals surface area contributed by atoms with Crippen LogP contribution in [0.4, 0.5) is 0 Å². The van der Waals surface area contributed by atoms with Crippen LogP contribution in [0.5, 0.6) is 0 Å². The Hall–Kier alpha value is -0.860. The smallest absolute Gasteiger partial charge is 0.0729 e. The molecule has 2 heteroatoms. The summed E-state index contributed by atoms with van der Waals surface area (Å²) in [5, 5.41) is 3.58. The van der Waals surface area contributed by atoms with E-state index in [0.29, 0.717) is 12.1 Å². The first-order valence-electron chi connectivity index (χ1n) is 6.79. The van der Waals surface area contributed by atoms with Crippen molar-refractivity contribution in [2.24, 2.45) is 0 Å². The Morgan fingerprint density at radius 1 is 1.29 bits per heavy atom. The first-order chi connectivity index (χ1) is 8.40. The highest BCUT2D eigenvalue weighted by molar-refractivity contribution is 5.13. The van der Waals surface area contributed by atoms with Gasteiger partial charge in [-0.15, -0.1) is 0 Å². The highest BCUT2D eigenvalue weighted by atomic mass is 16.5. The van der Waals surface area contributed by atoms with Gasteiger partial charge in [0.1, 0.15) is 0 Å². The summed E-state index contributed by atoms with van der Waals surface area (Å²) in [4.78, 5) is 0. The lowest BCUT2D eigenvalue weighted by atomic mass is 9.98. The zero-order valence-corrected chi connectivity index (χ0v) is 10.7. The molecule has 0 amide bonds. The van der Waals surface area contributed by atoms with Crippen molar-refractivity contribution in [2.45, 2.75) is 51.4 Å². The topological polar surface area (TPSA) is 21.3 Å². The summed E-state index contributed by atoms with van der Waals surface area (Å²) in [6, 6.07) is 11.0. The predicted octanol–water partition coefficient (Wildman–Crippen LogP) is 3.12. The number of hydrogen-bond donors (Lipinski definition) is 1. The molecule has 2 nitrogen and oxygen atoms in total. The minimum absolute atomic E-state index is 0.357. The second-order valence-corrected chi connectivity index (χ2v) is 4.80. The van der Waals surface area contributed by atoms with Gasteiger partial charge >= 0.3 is 0 Å². The molecule has 1 N–H and O–H groups in total. The van der Waals surface area contributed by atoms with Gasteiger partial charge in [0, 0.05) is 6.04 Å². The lowest BCUT2D eigenvalue weighted by molar-refractivity contribution is 0.00619. The summed E-state index contributed by atoms with van der Waals surface area (Å²) in [5.74, 6) is 0. The summed E-state index contributed by atoms with van der Waals surface area (Å²) < 4.78 is 6.05. The first kappa shape index (κ1) is 12.6. The fourth-order valence-electron chi connectivity index (χ4n) is 2.49. The average molecular weight is 233 g/mol. The Kier molecular flexibility index (Phi) is 5.02. The molecule has 0 radical (unpaired) electrons. The Labute approximate surface area is 104 Å². The van der Waals surface area contributed by atoms with Crippen LogP contribution >= 0.6 is 0 Å². The molecule has 1 heterocycles. The van der Waals surface area contributed by atoms with Gasteiger partial charge in [0.25, 0.3) is 0 Å². The molecule has 0 aliphatic carbocycles. The number of benzene rings is 1. The fourth-order valence-corrected chi connectivity index (χ4v) is 2.49. The lowest BCUT2D eigenvalue weighted by Gasteiger charge is -2.30. The van der Waals surface area contributed by atoms with E-state index in [1.165, 1.54) is 24.8 Å². The van der Waals surface area contributed by atoms with Gasteiger partial charge in [-0.05, 0) is 31.4 Å². The minimum atomic E-state index is 0.357. The van der Waals surface area contributed by atoms with Crippen LogP contribution in [0.15, 0.2) is 30.3 Å². The molecule has 1 fully saturated rings. The monoisotopic (exact) mass is 233 g/mol. The maximum atomic E-state index is 6.05. The quantitative estimate of drug-likeness (QED) is 0.843. The zero-order valence-electron chi connectivity index (χ0n) is 10.7. The Balaban J connectivity index is 1.82. The van der Waals surface area contributed by atoms with Crippen LogP contribution in [-0.2, 0) is 11.3 Å². The van der Waals surface area contributed by atoms with Crippen LogP contribution in [0.25, 0.3) is 0 Å². The summed E-state index contributed by atoms with van der Waals surface area (Å²) >= 11 is 0. The predicted molar refractivity (Wildman–Crippen MR) is 71.0 cm³/mol. The molecule has 2 rings (SSSR count). The third-order valence-corrected chi connectivity index (χ3v) is 3.51. The molecule has 0 aromatic heterocycles. The van der Waals surface area contributed by atoms with Gasteiger partial charge in [-0.25, -0.2) is 0 Å². The fraction of sp³-hybridized carbons (Fsp3) is 0.600. The van der Waals surface area contributed by atoms with Crippen molar-refractivity contribution in [3.05, 3.63) is 35.9 Å². The van der Waals surface area contributed by atoms with Gasteiger partial charge in [0.2, 0.25) is 0 Å². The van der Waals surface area contributed by atoms with Crippen LogP contribution in [0.3, 0.4) is 0 Å². The summed E-state index contributed by atoms with van der Waals surface area (Å²) in [6.45, 7) is 4.10. The highest BCUT2D eigenvalue weighted by Gasteiger charge is 2.22. The zero-order chi connectivity index (χ0) is 11.9. The molecule has 0 unspecified atom stereocenters. The Morgan fingerprint density at radius 3 is 2.76 bits per heavy atom. The highest BCUT2D eigenvalue weighted by Crippen LogP contribution is 2.16. The van der Waals surface area contributed by atoms with E-state index in [1.54, 1.807) is 0 Å². The maximum absolute atomic E-state index is 6.05. The van der Waals surface area contributed by atoms with Crippen molar-refractivity contribution in [3.63, 3.8) is 0 Å². The second-order valence-electron chi connectivity index (χ2n) is 4.80. The molecular weight excluding hydrogens is 210 g/mol. The van der Waals surface area contributed by atoms with Crippen molar-refractivity contribution in [3.8, 4) is 0 Å². The summed E-state index contributed by atoms with van der Waals surface area (Å²) in [6.07, 6.45) is 5.35. The van der Waals surface area contributed by atoms with Crippen molar-refractivity contribution < 1.29 is 4.74 Å². The average Bonchev–Trinajstić information content (AvgIpc) is 2.42. The minimum Gasteiger partial charge on any atom is -0.372 e. The molecule has 1 aromatic carbocycles. The number of hydrogen-bond acceptors (Lipinski definition) is 2. The van der Waals surface area contributed by atoms with Gasteiger partial charge in [0.15, 0.2) is 0 Å². The van der Waals surface area contributed by atoms with Crippen LogP contribution in [0.1, 0.15) is 38.2 Å². The van der Waals surface area contributed by atoms with Gasteiger partial charge in [-0.2, -0.15) is 0 Å². The van der Waals surface area contributed by atoms with E-state index in [4.69, 9.17) is 4.74 Å². The Morgan fingerprint density at radius 2 is 2.12 bits per heavy atom. The second kappa shape index (κ2) is 6.77. The molecule has 0 saturated carbocycles. The SMILES string of the molecule is CC[C@@H](OCc1ccccc1)[C@@H]1CCCCN1. The number of nitrogens with one attached hydrogen (secondary N) is 1. The molecule has 17 heavy (non-hydrogen) atoms. The number of piperidine rings is 1.